The van der Waals surface area contributed by atoms with Crippen LogP contribution in [0, 0.1) is 0 Å². The topological polar surface area (TPSA) is 72.8 Å². The van der Waals surface area contributed by atoms with Crippen LogP contribution < -0.4 is 5.56 Å². The zero-order valence-electron chi connectivity index (χ0n) is 15.6. The molecular formula is C22H19BrN4O2. The average Bonchev–Trinajstić information content (AvgIpc) is 3.40. The fourth-order valence-electron chi connectivity index (χ4n) is 3.70. The number of halogens is 1. The molecule has 1 atom stereocenters. The number of hydrogen-bond acceptors (Lipinski definition) is 4. The third kappa shape index (κ3) is 3.63. The van der Waals surface area contributed by atoms with Crippen LogP contribution in [-0.4, -0.2) is 32.5 Å². The molecule has 2 aromatic carbocycles. The first-order valence-corrected chi connectivity index (χ1v) is 10.4. The zero-order valence-corrected chi connectivity index (χ0v) is 17.2. The van der Waals surface area contributed by atoms with Crippen molar-refractivity contribution in [2.75, 3.05) is 6.61 Å². The van der Waals surface area contributed by atoms with Crippen LogP contribution in [-0.2, 0) is 11.3 Å². The summed E-state index contributed by atoms with van der Waals surface area (Å²) in [5.74, 6) is 1.37. The van der Waals surface area contributed by atoms with Crippen molar-refractivity contribution in [1.82, 2.24) is 19.7 Å². The highest BCUT2D eigenvalue weighted by Crippen LogP contribution is 2.27. The molecule has 0 spiro atoms. The van der Waals surface area contributed by atoms with E-state index in [0.29, 0.717) is 22.7 Å². The molecule has 0 aliphatic carbocycles. The van der Waals surface area contributed by atoms with E-state index in [1.807, 2.05) is 22.9 Å². The minimum Gasteiger partial charge on any atom is -0.376 e. The summed E-state index contributed by atoms with van der Waals surface area (Å²) in [6, 6.07) is 16.2. The maximum absolute atomic E-state index is 11.8. The summed E-state index contributed by atoms with van der Waals surface area (Å²) in [7, 11) is 0. The number of ether oxygens (including phenoxy) is 1. The van der Waals surface area contributed by atoms with E-state index >= 15 is 0 Å². The Morgan fingerprint density at radius 2 is 2.00 bits per heavy atom. The van der Waals surface area contributed by atoms with Gasteiger partial charge in [-0.2, -0.15) is 5.10 Å². The van der Waals surface area contributed by atoms with E-state index in [4.69, 9.17) is 14.8 Å². The summed E-state index contributed by atoms with van der Waals surface area (Å²) in [4.78, 5) is 19.3. The van der Waals surface area contributed by atoms with Crippen LogP contribution in [0.4, 0.5) is 0 Å². The molecule has 6 nitrogen and oxygen atoms in total. The van der Waals surface area contributed by atoms with Crippen LogP contribution in [0.25, 0.3) is 33.5 Å². The Labute approximate surface area is 175 Å². The normalized spacial score (nSPS) is 16.5. The number of rotatable bonds is 4. The largest absolute Gasteiger partial charge is 0.376 e. The SMILES string of the molecule is O=c1[nH]cc(-c2nc(-c3ccc4ccccc4c3)nn2CC2CCCO2)cc1Br. The second kappa shape index (κ2) is 7.57. The summed E-state index contributed by atoms with van der Waals surface area (Å²) in [6.45, 7) is 1.42. The second-order valence-electron chi connectivity index (χ2n) is 7.20. The van der Waals surface area contributed by atoms with Crippen molar-refractivity contribution < 1.29 is 4.74 Å². The fourth-order valence-corrected chi connectivity index (χ4v) is 4.06. The molecule has 0 radical (unpaired) electrons. The summed E-state index contributed by atoms with van der Waals surface area (Å²) in [6.07, 6.45) is 3.88. The third-order valence-corrected chi connectivity index (χ3v) is 5.79. The predicted octanol–water partition coefficient (Wildman–Crippen LogP) is 4.40. The summed E-state index contributed by atoms with van der Waals surface area (Å²) < 4.78 is 8.16. The van der Waals surface area contributed by atoms with Crippen molar-refractivity contribution in [2.45, 2.75) is 25.5 Å². The van der Waals surface area contributed by atoms with Gasteiger partial charge < -0.3 is 9.72 Å². The Kier molecular flexibility index (Phi) is 4.77. The van der Waals surface area contributed by atoms with Crippen LogP contribution in [0.5, 0.6) is 0 Å². The second-order valence-corrected chi connectivity index (χ2v) is 8.06. The van der Waals surface area contributed by atoms with Gasteiger partial charge in [-0.3, -0.25) is 4.79 Å². The van der Waals surface area contributed by atoms with Crippen LogP contribution in [0.3, 0.4) is 0 Å². The van der Waals surface area contributed by atoms with Gasteiger partial charge in [0.05, 0.1) is 17.1 Å². The summed E-state index contributed by atoms with van der Waals surface area (Å²) >= 11 is 3.31. The first-order valence-electron chi connectivity index (χ1n) is 9.61. The Hall–Kier alpha value is -2.77. The molecule has 1 N–H and O–H groups in total. The summed E-state index contributed by atoms with van der Waals surface area (Å²) in [5.41, 5.74) is 1.59. The molecule has 7 heteroatoms. The van der Waals surface area contributed by atoms with Crippen molar-refractivity contribution in [3.63, 3.8) is 0 Å². The van der Waals surface area contributed by atoms with Gasteiger partial charge in [0.25, 0.3) is 5.56 Å². The Morgan fingerprint density at radius 3 is 2.79 bits per heavy atom. The van der Waals surface area contributed by atoms with E-state index in [1.54, 1.807) is 12.3 Å². The molecule has 2 aromatic heterocycles. The monoisotopic (exact) mass is 450 g/mol. The maximum atomic E-state index is 11.8. The molecule has 5 rings (SSSR count). The number of nitrogens with one attached hydrogen (secondary N) is 1. The number of aromatic nitrogens is 4. The molecule has 1 aliphatic rings. The quantitative estimate of drug-likeness (QED) is 0.500. The molecule has 29 heavy (non-hydrogen) atoms. The molecule has 146 valence electrons. The van der Waals surface area contributed by atoms with E-state index in [1.165, 1.54) is 5.39 Å². The van der Waals surface area contributed by atoms with Gasteiger partial charge in [0.2, 0.25) is 0 Å². The highest BCUT2D eigenvalue weighted by Gasteiger charge is 2.21. The van der Waals surface area contributed by atoms with E-state index in [-0.39, 0.29) is 11.7 Å². The third-order valence-electron chi connectivity index (χ3n) is 5.20. The van der Waals surface area contributed by atoms with Gasteiger partial charge in [-0.1, -0.05) is 36.4 Å². The number of fused-ring (bicyclic) bond motifs is 1. The fraction of sp³-hybridized carbons (Fsp3) is 0.227. The van der Waals surface area contributed by atoms with Crippen molar-refractivity contribution in [1.29, 1.82) is 0 Å². The molecule has 0 bridgehead atoms. The van der Waals surface area contributed by atoms with Crippen LogP contribution >= 0.6 is 15.9 Å². The molecule has 0 saturated carbocycles. The lowest BCUT2D eigenvalue weighted by molar-refractivity contribution is 0.0944. The summed E-state index contributed by atoms with van der Waals surface area (Å²) in [5, 5.41) is 7.12. The van der Waals surface area contributed by atoms with Crippen LogP contribution in [0.15, 0.2) is 64.0 Å². The van der Waals surface area contributed by atoms with Gasteiger partial charge >= 0.3 is 0 Å². The Balaban J connectivity index is 1.60. The Bertz CT molecular complexity index is 1240. The van der Waals surface area contributed by atoms with Crippen molar-refractivity contribution in [2.24, 2.45) is 0 Å². The highest BCUT2D eigenvalue weighted by atomic mass is 79.9. The van der Waals surface area contributed by atoms with E-state index in [2.05, 4.69) is 45.2 Å². The van der Waals surface area contributed by atoms with Gasteiger partial charge in [0.15, 0.2) is 11.6 Å². The average molecular weight is 451 g/mol. The molecule has 4 aromatic rings. The van der Waals surface area contributed by atoms with Gasteiger partial charge in [-0.25, -0.2) is 9.67 Å². The minimum absolute atomic E-state index is 0.131. The van der Waals surface area contributed by atoms with Crippen molar-refractivity contribution >= 4 is 26.7 Å². The number of pyridine rings is 1. The molecule has 1 aliphatic heterocycles. The highest BCUT2D eigenvalue weighted by molar-refractivity contribution is 9.10. The van der Waals surface area contributed by atoms with Crippen LogP contribution in [0.2, 0.25) is 0 Å². The predicted molar refractivity (Wildman–Crippen MR) is 116 cm³/mol. The molecule has 0 amide bonds. The molecule has 1 saturated heterocycles. The smallest absolute Gasteiger partial charge is 0.262 e. The lowest BCUT2D eigenvalue weighted by atomic mass is 10.1. The number of benzene rings is 2. The lowest BCUT2D eigenvalue weighted by Gasteiger charge is -2.11. The number of aromatic amines is 1. The van der Waals surface area contributed by atoms with Gasteiger partial charge in [-0.05, 0) is 51.7 Å². The van der Waals surface area contributed by atoms with Crippen LogP contribution in [0.1, 0.15) is 12.8 Å². The molecule has 1 fully saturated rings. The van der Waals surface area contributed by atoms with E-state index < -0.39 is 0 Å². The number of nitrogens with zero attached hydrogens (tertiary/aromatic N) is 3. The lowest BCUT2D eigenvalue weighted by Crippen LogP contribution is -2.17. The van der Waals surface area contributed by atoms with E-state index in [9.17, 15) is 4.79 Å². The maximum Gasteiger partial charge on any atom is 0.262 e. The Morgan fingerprint density at radius 1 is 1.14 bits per heavy atom. The number of H-pyrrole nitrogens is 1. The molecular weight excluding hydrogens is 432 g/mol. The first-order chi connectivity index (χ1) is 14.2. The van der Waals surface area contributed by atoms with Gasteiger partial charge in [0.1, 0.15) is 0 Å². The standard InChI is InChI=1S/C22H19BrN4O2/c23-19-11-17(12-24-22(19)28)21-25-20(26-27(21)13-18-6-3-9-29-18)16-8-7-14-4-1-2-5-15(14)10-16/h1-2,4-5,7-8,10-12,18H,3,6,9,13H2,(H,24,28). The van der Waals surface area contributed by atoms with Crippen molar-refractivity contribution in [3.05, 3.63) is 69.6 Å². The minimum atomic E-state index is -0.173. The van der Waals surface area contributed by atoms with Gasteiger partial charge in [-0.15, -0.1) is 0 Å². The first kappa shape index (κ1) is 18.3. The van der Waals surface area contributed by atoms with E-state index in [0.717, 1.165) is 36.0 Å². The zero-order chi connectivity index (χ0) is 19.8. The molecule has 3 heterocycles. The van der Waals surface area contributed by atoms with Crippen molar-refractivity contribution in [3.8, 4) is 22.8 Å². The van der Waals surface area contributed by atoms with Gasteiger partial charge in [0, 0.05) is 23.9 Å². The molecule has 1 unspecified atom stereocenters. The number of hydrogen-bond donors (Lipinski definition) is 1.